The van der Waals surface area contributed by atoms with Gasteiger partial charge in [0.15, 0.2) is 17.2 Å². The van der Waals surface area contributed by atoms with Gasteiger partial charge in [0.1, 0.15) is 6.10 Å². The highest BCUT2D eigenvalue weighted by Crippen LogP contribution is 2.62. The van der Waals surface area contributed by atoms with Crippen molar-refractivity contribution < 1.29 is 29.3 Å². The van der Waals surface area contributed by atoms with Gasteiger partial charge in [-0.25, -0.2) is 4.79 Å². The van der Waals surface area contributed by atoms with Crippen molar-refractivity contribution in [3.8, 4) is 0 Å². The fraction of sp³-hybridized carbons (Fsp3) is 0.760. The second-order valence-electron chi connectivity index (χ2n) is 10.9. The molecule has 6 heteroatoms. The number of hydrogen-bond donors (Lipinski definition) is 2. The van der Waals surface area contributed by atoms with E-state index >= 15 is 0 Å². The second-order valence-corrected chi connectivity index (χ2v) is 10.9. The highest BCUT2D eigenvalue weighted by atomic mass is 16.6. The number of ether oxygens (including phenoxy) is 2. The largest absolute Gasteiger partial charge is 0.455 e. The summed E-state index contributed by atoms with van der Waals surface area (Å²) in [6, 6.07) is 0. The van der Waals surface area contributed by atoms with E-state index in [-0.39, 0.29) is 41.5 Å². The predicted octanol–water partition coefficient (Wildman–Crippen LogP) is 3.31. The van der Waals surface area contributed by atoms with E-state index < -0.39 is 22.9 Å². The van der Waals surface area contributed by atoms with Crippen LogP contribution < -0.4 is 0 Å². The molecule has 172 valence electrons. The fourth-order valence-electron chi connectivity index (χ4n) is 6.68. The molecule has 2 fully saturated rings. The Kier molecular flexibility index (Phi) is 5.31. The van der Waals surface area contributed by atoms with Crippen LogP contribution in [0.1, 0.15) is 67.2 Å². The molecule has 6 nitrogen and oxygen atoms in total. The van der Waals surface area contributed by atoms with Crippen LogP contribution in [0.4, 0.5) is 0 Å². The molecule has 0 saturated heterocycles. The lowest BCUT2D eigenvalue weighted by molar-refractivity contribution is -0.269. The van der Waals surface area contributed by atoms with Crippen LogP contribution in [0.25, 0.3) is 0 Å². The van der Waals surface area contributed by atoms with E-state index in [2.05, 4.69) is 6.92 Å². The van der Waals surface area contributed by atoms with Crippen LogP contribution in [0.2, 0.25) is 0 Å². The van der Waals surface area contributed by atoms with Gasteiger partial charge in [-0.2, -0.15) is 0 Å². The molecule has 2 N–H and O–H groups in total. The molecule has 8 atom stereocenters. The molecule has 0 radical (unpaired) electrons. The summed E-state index contributed by atoms with van der Waals surface area (Å²) >= 11 is 0. The van der Waals surface area contributed by atoms with Gasteiger partial charge in [-0.1, -0.05) is 27.2 Å². The van der Waals surface area contributed by atoms with Gasteiger partial charge in [0.2, 0.25) is 0 Å². The van der Waals surface area contributed by atoms with Gasteiger partial charge in [-0.15, -0.1) is 0 Å². The zero-order valence-corrected chi connectivity index (χ0v) is 19.5. The third kappa shape index (κ3) is 3.33. The molecule has 0 bridgehead atoms. The van der Waals surface area contributed by atoms with Gasteiger partial charge in [-0.3, -0.25) is 4.79 Å². The molecule has 4 rings (SSSR count). The number of Topliss-reactive ketones (excluding diaryl/α,β-unsaturated/α-hetero) is 1. The topological polar surface area (TPSA) is 93.1 Å². The average Bonchev–Trinajstić information content (AvgIpc) is 3.30. The monoisotopic (exact) mass is 432 g/mol. The summed E-state index contributed by atoms with van der Waals surface area (Å²) in [5, 5.41) is 23.8. The quantitative estimate of drug-likeness (QED) is 0.511. The molecule has 0 aromatic rings. The Morgan fingerprint density at radius 1 is 1.26 bits per heavy atom. The Hall–Kier alpha value is -1.50. The first kappa shape index (κ1) is 22.7. The lowest BCUT2D eigenvalue weighted by Crippen LogP contribution is -2.65. The molecule has 0 aromatic heterocycles. The molecular weight excluding hydrogens is 396 g/mol. The van der Waals surface area contributed by atoms with E-state index in [1.165, 1.54) is 6.08 Å². The number of esters is 1. The second kappa shape index (κ2) is 7.26. The van der Waals surface area contributed by atoms with Crippen molar-refractivity contribution >= 4 is 11.8 Å². The van der Waals surface area contributed by atoms with Crippen molar-refractivity contribution in [2.45, 2.75) is 90.3 Å². The van der Waals surface area contributed by atoms with Crippen LogP contribution >= 0.6 is 0 Å². The van der Waals surface area contributed by atoms with Crippen molar-refractivity contribution in [1.82, 2.24) is 0 Å². The minimum absolute atomic E-state index is 0.00756. The van der Waals surface area contributed by atoms with E-state index in [4.69, 9.17) is 9.47 Å². The van der Waals surface area contributed by atoms with E-state index in [0.717, 1.165) is 18.4 Å². The van der Waals surface area contributed by atoms with Gasteiger partial charge in [0, 0.05) is 29.4 Å². The molecule has 2 aliphatic heterocycles. The summed E-state index contributed by atoms with van der Waals surface area (Å²) in [7, 11) is 0. The number of carbonyl (C=O) groups is 2. The number of fused-ring (bicyclic) bond motifs is 2. The SMILES string of the molecule is CC1=CC(=O)OC1CCC(C)C(=O)C1(O)C2=CC(C)(C)OC2(O)C(C)C2CCC(C)C21. The van der Waals surface area contributed by atoms with Gasteiger partial charge >= 0.3 is 5.97 Å². The van der Waals surface area contributed by atoms with E-state index in [0.29, 0.717) is 18.4 Å². The molecule has 2 heterocycles. The summed E-state index contributed by atoms with van der Waals surface area (Å²) < 4.78 is 11.4. The van der Waals surface area contributed by atoms with Crippen LogP contribution in [0.3, 0.4) is 0 Å². The van der Waals surface area contributed by atoms with Crippen molar-refractivity contribution in [1.29, 1.82) is 0 Å². The molecule has 0 amide bonds. The van der Waals surface area contributed by atoms with Crippen LogP contribution in [0.5, 0.6) is 0 Å². The molecule has 0 aromatic carbocycles. The molecule has 8 unspecified atom stereocenters. The zero-order chi connectivity index (χ0) is 22.9. The first-order chi connectivity index (χ1) is 14.3. The standard InChI is InChI=1S/C25H36O6/c1-13-7-9-17-16(4)25(29)19(12-23(5,6)31-25)24(28,21(13)17)22(27)14(2)8-10-18-15(3)11-20(26)30-18/h11-14,16-18,21,28-29H,7-10H2,1-6H3. The van der Waals surface area contributed by atoms with Crippen molar-refractivity contribution in [2.24, 2.45) is 29.6 Å². The first-order valence-electron chi connectivity index (χ1n) is 11.6. The minimum atomic E-state index is -1.76. The Morgan fingerprint density at radius 3 is 2.55 bits per heavy atom. The van der Waals surface area contributed by atoms with Crippen LogP contribution in [0, 0.1) is 29.6 Å². The van der Waals surface area contributed by atoms with Crippen molar-refractivity contribution in [2.75, 3.05) is 0 Å². The molecule has 2 saturated carbocycles. The van der Waals surface area contributed by atoms with E-state index in [1.807, 2.05) is 34.6 Å². The summed E-state index contributed by atoms with van der Waals surface area (Å²) in [6.45, 7) is 11.4. The van der Waals surface area contributed by atoms with Crippen molar-refractivity contribution in [3.05, 3.63) is 23.3 Å². The van der Waals surface area contributed by atoms with Gasteiger partial charge < -0.3 is 19.7 Å². The van der Waals surface area contributed by atoms with E-state index in [1.54, 1.807) is 6.08 Å². The predicted molar refractivity (Wildman–Crippen MR) is 115 cm³/mol. The van der Waals surface area contributed by atoms with Gasteiger partial charge in [-0.05, 0) is 63.5 Å². The summed E-state index contributed by atoms with van der Waals surface area (Å²) in [5.41, 5.74) is -1.33. The number of carbonyl (C=O) groups excluding carboxylic acids is 2. The highest BCUT2D eigenvalue weighted by molar-refractivity contribution is 5.93. The maximum atomic E-state index is 13.9. The maximum absolute atomic E-state index is 13.9. The molecule has 0 spiro atoms. The summed E-state index contributed by atoms with van der Waals surface area (Å²) in [5.74, 6) is -2.97. The van der Waals surface area contributed by atoms with Crippen molar-refractivity contribution in [3.63, 3.8) is 0 Å². The fourth-order valence-corrected chi connectivity index (χ4v) is 6.68. The maximum Gasteiger partial charge on any atom is 0.331 e. The Bertz CT molecular complexity index is 856. The molecule has 4 aliphatic rings. The minimum Gasteiger partial charge on any atom is -0.455 e. The number of aliphatic hydroxyl groups is 2. The van der Waals surface area contributed by atoms with Gasteiger partial charge in [0.25, 0.3) is 0 Å². The number of ketones is 1. The third-order valence-corrected chi connectivity index (χ3v) is 8.28. The summed E-state index contributed by atoms with van der Waals surface area (Å²) in [4.78, 5) is 25.4. The molecule has 2 aliphatic carbocycles. The number of hydrogen-bond acceptors (Lipinski definition) is 6. The molecule has 31 heavy (non-hydrogen) atoms. The van der Waals surface area contributed by atoms with Crippen LogP contribution in [-0.2, 0) is 19.1 Å². The third-order valence-electron chi connectivity index (χ3n) is 8.28. The smallest absolute Gasteiger partial charge is 0.331 e. The normalized spacial score (nSPS) is 44.3. The Balaban J connectivity index is 1.65. The first-order valence-corrected chi connectivity index (χ1v) is 11.6. The number of cyclic esters (lactones) is 1. The lowest BCUT2D eigenvalue weighted by Gasteiger charge is -2.53. The number of rotatable bonds is 5. The lowest BCUT2D eigenvalue weighted by atomic mass is 9.56. The average molecular weight is 433 g/mol. The summed E-state index contributed by atoms with van der Waals surface area (Å²) in [6.07, 6.45) is 5.73. The van der Waals surface area contributed by atoms with Crippen LogP contribution in [-0.4, -0.2) is 45.1 Å². The molecular formula is C25H36O6. The van der Waals surface area contributed by atoms with Gasteiger partial charge in [0.05, 0.1) is 5.60 Å². The zero-order valence-electron chi connectivity index (χ0n) is 19.5. The highest BCUT2D eigenvalue weighted by Gasteiger charge is 2.69. The van der Waals surface area contributed by atoms with E-state index in [9.17, 15) is 19.8 Å². The van der Waals surface area contributed by atoms with Crippen LogP contribution in [0.15, 0.2) is 23.3 Å². The Morgan fingerprint density at radius 2 is 1.94 bits per heavy atom. The Labute approximate surface area is 184 Å².